The van der Waals surface area contributed by atoms with Gasteiger partial charge in [-0.25, -0.2) is 0 Å². The van der Waals surface area contributed by atoms with Crippen LogP contribution in [0, 0.1) is 0 Å². The number of sulfonamides is 1. The minimum atomic E-state index is -3.97. The fourth-order valence-corrected chi connectivity index (χ4v) is 3.42. The van der Waals surface area contributed by atoms with Gasteiger partial charge in [0.05, 0.1) is 27.0 Å². The van der Waals surface area contributed by atoms with Crippen molar-refractivity contribution in [3.05, 3.63) is 47.0 Å². The third-order valence-corrected chi connectivity index (χ3v) is 4.78. The highest BCUT2D eigenvalue weighted by Gasteiger charge is 2.19. The number of ether oxygens (including phenoxy) is 3. The fourth-order valence-electron chi connectivity index (χ4n) is 2.20. The molecule has 7 nitrogen and oxygen atoms in total. The lowest BCUT2D eigenvalue weighted by molar-refractivity contribution is 0.310. The Morgan fingerprint density at radius 2 is 1.92 bits per heavy atom. The Balaban J connectivity index is 2.28. The van der Waals surface area contributed by atoms with Crippen LogP contribution in [0.2, 0.25) is 5.02 Å². The minimum Gasteiger partial charge on any atom is -0.495 e. The van der Waals surface area contributed by atoms with Crippen molar-refractivity contribution in [3.63, 3.8) is 0 Å². The van der Waals surface area contributed by atoms with Gasteiger partial charge in [-0.3, -0.25) is 0 Å². The Kier molecular flexibility index (Phi) is 6.70. The molecular formula is C17H19ClN2O5S. The van der Waals surface area contributed by atoms with Gasteiger partial charge in [0, 0.05) is 10.6 Å². The Bertz CT molecular complexity index is 900. The molecule has 0 unspecified atom stereocenters. The van der Waals surface area contributed by atoms with Gasteiger partial charge in [0.15, 0.2) is 11.5 Å². The van der Waals surface area contributed by atoms with Crippen molar-refractivity contribution in [1.82, 2.24) is 4.83 Å². The first-order chi connectivity index (χ1) is 12.4. The van der Waals surface area contributed by atoms with Crippen molar-refractivity contribution in [2.75, 3.05) is 20.8 Å². The maximum absolute atomic E-state index is 12.5. The van der Waals surface area contributed by atoms with Crippen LogP contribution < -0.4 is 19.0 Å². The number of methoxy groups -OCH3 is 2. The highest BCUT2D eigenvalue weighted by Crippen LogP contribution is 2.30. The van der Waals surface area contributed by atoms with Crippen LogP contribution in [0.25, 0.3) is 0 Å². The van der Waals surface area contributed by atoms with Crippen LogP contribution in [0.5, 0.6) is 17.2 Å². The zero-order chi connectivity index (χ0) is 19.2. The number of rotatable bonds is 8. The van der Waals surface area contributed by atoms with E-state index in [2.05, 4.69) is 9.93 Å². The van der Waals surface area contributed by atoms with Gasteiger partial charge in [-0.1, -0.05) is 17.7 Å². The van der Waals surface area contributed by atoms with E-state index in [0.717, 1.165) is 0 Å². The molecule has 0 heterocycles. The standard InChI is InChI=1S/C17H19ClN2O5S/c1-4-25-15-7-5-6-12(17(15)24-3)11-19-20-26(21,22)16-10-13(18)8-9-14(16)23-2/h5-11,20H,4H2,1-3H3/b19-11+. The smallest absolute Gasteiger partial charge is 0.280 e. The van der Waals surface area contributed by atoms with Gasteiger partial charge in [0.2, 0.25) is 0 Å². The summed E-state index contributed by atoms with van der Waals surface area (Å²) in [4.78, 5) is 2.02. The Labute approximate surface area is 157 Å². The summed E-state index contributed by atoms with van der Waals surface area (Å²) in [6.07, 6.45) is 1.33. The van der Waals surface area contributed by atoms with E-state index in [1.165, 1.54) is 38.6 Å². The predicted molar refractivity (Wildman–Crippen MR) is 100 cm³/mol. The molecule has 9 heteroatoms. The van der Waals surface area contributed by atoms with E-state index >= 15 is 0 Å². The van der Waals surface area contributed by atoms with E-state index in [4.69, 9.17) is 25.8 Å². The topological polar surface area (TPSA) is 86.2 Å². The molecule has 0 saturated carbocycles. The molecule has 0 saturated heterocycles. The molecule has 2 aromatic carbocycles. The number of nitrogens with zero attached hydrogens (tertiary/aromatic N) is 1. The van der Waals surface area contributed by atoms with Crippen molar-refractivity contribution in [3.8, 4) is 17.2 Å². The van der Waals surface area contributed by atoms with Gasteiger partial charge < -0.3 is 14.2 Å². The number of halogens is 1. The van der Waals surface area contributed by atoms with Crippen LogP contribution in [0.15, 0.2) is 46.4 Å². The second-order valence-electron chi connectivity index (χ2n) is 4.96. The molecule has 0 amide bonds. The van der Waals surface area contributed by atoms with Crippen LogP contribution in [0.4, 0.5) is 0 Å². The lowest BCUT2D eigenvalue weighted by atomic mass is 10.2. The summed E-state index contributed by atoms with van der Waals surface area (Å²) in [6, 6.07) is 9.51. The molecule has 0 aliphatic heterocycles. The number of hydrazone groups is 1. The lowest BCUT2D eigenvalue weighted by Crippen LogP contribution is -2.19. The summed E-state index contributed by atoms with van der Waals surface area (Å²) < 4.78 is 40.8. The summed E-state index contributed by atoms with van der Waals surface area (Å²) in [5, 5.41) is 4.07. The highest BCUT2D eigenvalue weighted by molar-refractivity contribution is 7.89. The summed E-state index contributed by atoms with van der Waals surface area (Å²) in [5.41, 5.74) is 0.555. The largest absolute Gasteiger partial charge is 0.495 e. The Morgan fingerprint density at radius 3 is 2.58 bits per heavy atom. The molecule has 0 aliphatic carbocycles. The lowest BCUT2D eigenvalue weighted by Gasteiger charge is -2.11. The van der Waals surface area contributed by atoms with Gasteiger partial charge in [-0.15, -0.1) is 0 Å². The van der Waals surface area contributed by atoms with E-state index < -0.39 is 10.0 Å². The van der Waals surface area contributed by atoms with E-state index in [9.17, 15) is 8.42 Å². The molecule has 26 heavy (non-hydrogen) atoms. The van der Waals surface area contributed by atoms with Crippen molar-refractivity contribution < 1.29 is 22.6 Å². The number of nitrogens with one attached hydrogen (secondary N) is 1. The van der Waals surface area contributed by atoms with E-state index in [0.29, 0.717) is 23.7 Å². The highest BCUT2D eigenvalue weighted by atomic mass is 35.5. The number of para-hydroxylation sites is 1. The first kappa shape index (κ1) is 19.9. The molecule has 1 N–H and O–H groups in total. The monoisotopic (exact) mass is 398 g/mol. The van der Waals surface area contributed by atoms with Gasteiger partial charge in [-0.05, 0) is 37.3 Å². The van der Waals surface area contributed by atoms with Gasteiger partial charge in [0.1, 0.15) is 10.6 Å². The average Bonchev–Trinajstić information content (AvgIpc) is 2.62. The predicted octanol–water partition coefficient (Wildman–Crippen LogP) is 3.07. The fraction of sp³-hybridized carbons (Fsp3) is 0.235. The molecule has 0 spiro atoms. The van der Waals surface area contributed by atoms with E-state index in [-0.39, 0.29) is 15.7 Å². The summed E-state index contributed by atoms with van der Waals surface area (Å²) >= 11 is 5.88. The SMILES string of the molecule is CCOc1cccc(/C=N/NS(=O)(=O)c2cc(Cl)ccc2OC)c1OC. The van der Waals surface area contributed by atoms with Crippen molar-refractivity contribution in [2.45, 2.75) is 11.8 Å². The van der Waals surface area contributed by atoms with E-state index in [1.807, 2.05) is 6.92 Å². The molecule has 140 valence electrons. The molecule has 0 bridgehead atoms. The summed E-state index contributed by atoms with van der Waals surface area (Å²) in [5.74, 6) is 1.16. The van der Waals surface area contributed by atoms with Gasteiger partial charge in [0.25, 0.3) is 10.0 Å². The zero-order valence-electron chi connectivity index (χ0n) is 14.5. The van der Waals surface area contributed by atoms with Crippen LogP contribution in [0.3, 0.4) is 0 Å². The van der Waals surface area contributed by atoms with Crippen LogP contribution in [0.1, 0.15) is 12.5 Å². The third-order valence-electron chi connectivity index (χ3n) is 3.31. The maximum Gasteiger partial charge on any atom is 0.280 e. The maximum atomic E-state index is 12.5. The van der Waals surface area contributed by atoms with E-state index in [1.54, 1.807) is 18.2 Å². The quantitative estimate of drug-likeness (QED) is 0.545. The van der Waals surface area contributed by atoms with Crippen molar-refractivity contribution >= 4 is 27.8 Å². The molecular weight excluding hydrogens is 380 g/mol. The average molecular weight is 399 g/mol. The van der Waals surface area contributed by atoms with Gasteiger partial charge in [-0.2, -0.15) is 18.4 Å². The Hall–Kier alpha value is -2.45. The second-order valence-corrected chi connectivity index (χ2v) is 7.03. The molecule has 2 aromatic rings. The van der Waals surface area contributed by atoms with Crippen molar-refractivity contribution in [2.24, 2.45) is 5.10 Å². The van der Waals surface area contributed by atoms with Crippen LogP contribution >= 0.6 is 11.6 Å². The number of hydrogen-bond donors (Lipinski definition) is 1. The molecule has 2 rings (SSSR count). The number of hydrogen-bond acceptors (Lipinski definition) is 6. The molecule has 0 fully saturated rings. The zero-order valence-corrected chi connectivity index (χ0v) is 16.1. The third kappa shape index (κ3) is 4.59. The summed E-state index contributed by atoms with van der Waals surface area (Å²) in [6.45, 7) is 2.32. The first-order valence-electron chi connectivity index (χ1n) is 7.61. The Morgan fingerprint density at radius 1 is 1.15 bits per heavy atom. The second kappa shape index (κ2) is 8.77. The molecule has 0 aliphatic rings. The number of benzene rings is 2. The minimum absolute atomic E-state index is 0.111. The summed E-state index contributed by atoms with van der Waals surface area (Å²) in [7, 11) is -1.10. The normalized spacial score (nSPS) is 11.4. The molecule has 0 atom stereocenters. The van der Waals surface area contributed by atoms with Crippen LogP contribution in [-0.2, 0) is 10.0 Å². The molecule has 0 aromatic heterocycles. The van der Waals surface area contributed by atoms with Crippen molar-refractivity contribution in [1.29, 1.82) is 0 Å². The van der Waals surface area contributed by atoms with Crippen LogP contribution in [-0.4, -0.2) is 35.5 Å². The molecule has 0 radical (unpaired) electrons. The first-order valence-corrected chi connectivity index (χ1v) is 9.47. The van der Waals surface area contributed by atoms with Gasteiger partial charge >= 0.3 is 0 Å².